The van der Waals surface area contributed by atoms with Gasteiger partial charge in [-0.25, -0.2) is 19.6 Å². The summed E-state index contributed by atoms with van der Waals surface area (Å²) in [6.07, 6.45) is 3.27. The average Bonchev–Trinajstić information content (AvgIpc) is 3.69. The van der Waals surface area contributed by atoms with Gasteiger partial charge in [0.2, 0.25) is 0 Å². The third-order valence-corrected chi connectivity index (χ3v) is 8.34. The van der Waals surface area contributed by atoms with E-state index in [2.05, 4.69) is 20.0 Å². The van der Waals surface area contributed by atoms with Crippen LogP contribution in [0.15, 0.2) is 110 Å². The van der Waals surface area contributed by atoms with Crippen LogP contribution in [0.2, 0.25) is 0 Å². The number of hydrogen-bond acceptors (Lipinski definition) is 12. The molecular formula is C36H40Cl2CoN4O8. The Morgan fingerprint density at radius 1 is 0.569 bits per heavy atom. The molecule has 51 heavy (non-hydrogen) atoms. The van der Waals surface area contributed by atoms with Crippen molar-refractivity contribution in [1.82, 2.24) is 0 Å². The number of hydrogen-bond donors (Lipinski definition) is 0. The zero-order valence-electron chi connectivity index (χ0n) is 30.1. The third kappa shape index (κ3) is 9.59. The zero-order chi connectivity index (χ0) is 37.4. The number of esters is 2. The van der Waals surface area contributed by atoms with Gasteiger partial charge in [0.05, 0.1) is 70.5 Å². The molecule has 0 saturated carbocycles. The van der Waals surface area contributed by atoms with Crippen molar-refractivity contribution in [3.8, 4) is 0 Å². The molecule has 4 rings (SSSR count). The molecule has 0 aromatic carbocycles. The van der Waals surface area contributed by atoms with Crippen LogP contribution in [-0.2, 0) is 45.3 Å². The van der Waals surface area contributed by atoms with Crippen LogP contribution in [0.5, 0.6) is 0 Å². The summed E-state index contributed by atoms with van der Waals surface area (Å²) in [5.41, 5.74) is 6.88. The second-order valence-corrected chi connectivity index (χ2v) is 11.6. The molecule has 12 nitrogen and oxygen atoms in total. The fourth-order valence-electron chi connectivity index (χ4n) is 5.20. The molecule has 4 aliphatic rings. The Labute approximate surface area is 318 Å². The number of aliphatic imine (C=N–C) groups is 4. The van der Waals surface area contributed by atoms with Crippen LogP contribution in [0.4, 0.5) is 0 Å². The molecule has 4 heterocycles. The Morgan fingerprint density at radius 3 is 1.18 bits per heavy atom. The largest absolute Gasteiger partial charge is 2.00 e. The van der Waals surface area contributed by atoms with Gasteiger partial charge in [-0.1, -0.05) is 37.0 Å². The predicted molar refractivity (Wildman–Crippen MR) is 190 cm³/mol. The summed E-state index contributed by atoms with van der Waals surface area (Å²) in [5.74, 6) is -1.81. The van der Waals surface area contributed by atoms with Crippen molar-refractivity contribution in [3.63, 3.8) is 0 Å². The van der Waals surface area contributed by atoms with E-state index in [0.29, 0.717) is 78.8 Å². The first-order valence-electron chi connectivity index (χ1n) is 15.9. The maximum atomic E-state index is 12.2. The number of halogens is 2. The van der Waals surface area contributed by atoms with E-state index in [4.69, 9.17) is 42.1 Å². The van der Waals surface area contributed by atoms with Crippen LogP contribution in [-0.4, -0.2) is 61.2 Å². The van der Waals surface area contributed by atoms with Crippen molar-refractivity contribution in [2.75, 3.05) is 26.4 Å². The van der Waals surface area contributed by atoms with Gasteiger partial charge in [0.25, 0.3) is 0 Å². The summed E-state index contributed by atoms with van der Waals surface area (Å²) >= 11 is 12.2. The van der Waals surface area contributed by atoms with E-state index in [-0.39, 0.29) is 53.5 Å². The monoisotopic (exact) mass is 785 g/mol. The summed E-state index contributed by atoms with van der Waals surface area (Å²) in [5, 5.41) is 24.9. The summed E-state index contributed by atoms with van der Waals surface area (Å²) in [4.78, 5) is 41.4. The summed E-state index contributed by atoms with van der Waals surface area (Å²) in [6.45, 7) is 18.5. The first-order valence-corrected chi connectivity index (χ1v) is 16.7. The summed E-state index contributed by atoms with van der Waals surface area (Å²) in [6, 6.07) is 0. The Bertz CT molecular complexity index is 1740. The minimum Gasteiger partial charge on any atom is -0.613 e. The van der Waals surface area contributed by atoms with Crippen LogP contribution in [0, 0.1) is 0 Å². The van der Waals surface area contributed by atoms with E-state index < -0.39 is 23.8 Å². The quantitative estimate of drug-likeness (QED) is 0.159. The van der Waals surface area contributed by atoms with Crippen LogP contribution in [0.25, 0.3) is 0 Å². The molecule has 0 spiro atoms. The molecule has 0 N–H and O–H groups in total. The predicted octanol–water partition coefficient (Wildman–Crippen LogP) is 5.51. The van der Waals surface area contributed by atoms with Crippen molar-refractivity contribution in [2.24, 2.45) is 20.0 Å². The third-order valence-electron chi connectivity index (χ3n) is 7.60. The van der Waals surface area contributed by atoms with Gasteiger partial charge < -0.3 is 29.2 Å². The number of nitrogens with zero attached hydrogens (tertiary/aromatic N) is 4. The molecule has 0 aromatic rings. The van der Waals surface area contributed by atoms with Gasteiger partial charge in [0, 0.05) is 11.1 Å². The van der Waals surface area contributed by atoms with Crippen molar-refractivity contribution in [3.05, 3.63) is 90.3 Å². The molecule has 0 unspecified atom stereocenters. The van der Waals surface area contributed by atoms with E-state index in [1.165, 1.54) is 0 Å². The maximum Gasteiger partial charge on any atom is 2.00 e. The van der Waals surface area contributed by atoms with Crippen molar-refractivity contribution >= 4 is 58.0 Å². The number of ether oxygens (including phenoxy) is 4. The van der Waals surface area contributed by atoms with E-state index in [1.54, 1.807) is 81.4 Å². The average molecular weight is 787 g/mol. The van der Waals surface area contributed by atoms with Gasteiger partial charge in [-0.05, 0) is 103 Å². The first kappa shape index (κ1) is 43.0. The SMILES string of the molecule is CCOC(=O)C1=C(C)/C(=C/C2=NC(Cl)=C(C)/C2=C(/[O-])OCC)N=C1C.CCOC(=O)C1=C(C)/C(=C/C2=NC(Cl)=C(C)/C2=C(/[O-])OCC)N=C1C.[Co+2]. The maximum absolute atomic E-state index is 12.2. The van der Waals surface area contributed by atoms with Crippen LogP contribution in [0.1, 0.15) is 69.2 Å². The molecule has 4 aliphatic heterocycles. The van der Waals surface area contributed by atoms with Crippen molar-refractivity contribution < 1.29 is 55.5 Å². The number of allylic oxidation sites excluding steroid dienone is 8. The number of carbonyl (C=O) groups is 2. The van der Waals surface area contributed by atoms with Crippen LogP contribution >= 0.6 is 23.2 Å². The minimum absolute atomic E-state index is 0. The molecule has 0 fully saturated rings. The van der Waals surface area contributed by atoms with E-state index in [9.17, 15) is 19.8 Å². The molecule has 0 saturated heterocycles. The molecule has 0 aromatic heterocycles. The summed E-state index contributed by atoms with van der Waals surface area (Å²) in [7, 11) is 0. The molecule has 0 bridgehead atoms. The second kappa shape index (κ2) is 18.9. The van der Waals surface area contributed by atoms with Gasteiger partial charge in [-0.3, -0.25) is 9.98 Å². The topological polar surface area (TPSA) is 167 Å². The minimum atomic E-state index is -0.489. The molecule has 275 valence electrons. The first-order chi connectivity index (χ1) is 23.6. The molecule has 0 atom stereocenters. The fourth-order valence-corrected chi connectivity index (χ4v) is 5.57. The van der Waals surface area contributed by atoms with Crippen LogP contribution in [0.3, 0.4) is 0 Å². The molecule has 15 heteroatoms. The standard InChI is InChI=1S/2C18H21ClN2O4.Co/c2*1-6-24-17(22)14-9(3)12(20-11(14)5)8-13-15(18(23)25-7-2)10(4)16(19)21-13;/h2*8,23H,6-7H2,1-5H3;/q;;+2/p-2/b2*12-8-,18-15+;. The van der Waals surface area contributed by atoms with Gasteiger partial charge in [0.15, 0.2) is 0 Å². The van der Waals surface area contributed by atoms with E-state index in [0.717, 1.165) is 0 Å². The van der Waals surface area contributed by atoms with Gasteiger partial charge >= 0.3 is 28.7 Å². The Morgan fingerprint density at radius 2 is 0.882 bits per heavy atom. The van der Waals surface area contributed by atoms with E-state index >= 15 is 0 Å². The normalized spacial score (nSPS) is 20.5. The Hall–Kier alpha value is -4.17. The second-order valence-electron chi connectivity index (χ2n) is 10.9. The van der Waals surface area contributed by atoms with Gasteiger partial charge in [-0.15, -0.1) is 0 Å². The molecule has 0 aliphatic carbocycles. The van der Waals surface area contributed by atoms with E-state index in [1.807, 2.05) is 0 Å². The molecule has 1 radical (unpaired) electrons. The van der Waals surface area contributed by atoms with Gasteiger partial charge in [0.1, 0.15) is 10.3 Å². The molecular weight excluding hydrogens is 746 g/mol. The Kier molecular flexibility index (Phi) is 15.9. The Balaban J connectivity index is 0.000000347. The number of rotatable bonds is 10. The van der Waals surface area contributed by atoms with Crippen molar-refractivity contribution in [1.29, 1.82) is 0 Å². The number of carbonyl (C=O) groups excluding carboxylic acids is 2. The fraction of sp³-hybridized carbons (Fsp3) is 0.389. The van der Waals surface area contributed by atoms with Crippen molar-refractivity contribution in [2.45, 2.75) is 69.2 Å². The summed E-state index contributed by atoms with van der Waals surface area (Å²) < 4.78 is 20.3. The smallest absolute Gasteiger partial charge is 0.613 e. The van der Waals surface area contributed by atoms with Crippen LogP contribution < -0.4 is 10.2 Å². The molecule has 0 amide bonds. The zero-order valence-corrected chi connectivity index (χ0v) is 32.7. The van der Waals surface area contributed by atoms with Gasteiger partial charge in [-0.2, -0.15) is 0 Å².